The zero-order chi connectivity index (χ0) is 13.9. The first-order valence-electron chi connectivity index (χ1n) is 6.84. The summed E-state index contributed by atoms with van der Waals surface area (Å²) in [5.74, 6) is 1.93. The quantitative estimate of drug-likeness (QED) is 0.853. The monoisotopic (exact) mass is 275 g/mol. The lowest BCUT2D eigenvalue weighted by Crippen LogP contribution is -2.21. The average molecular weight is 275 g/mol. The molecule has 3 rings (SSSR count). The maximum atomic E-state index is 12.0. The van der Waals surface area contributed by atoms with Gasteiger partial charge in [0.05, 0.1) is 13.7 Å². The Morgan fingerprint density at radius 2 is 2.25 bits per heavy atom. The molecule has 0 aliphatic heterocycles. The predicted octanol–water partition coefficient (Wildman–Crippen LogP) is 1.95. The average Bonchev–Trinajstić information content (AvgIpc) is 3.11. The highest BCUT2D eigenvalue weighted by Gasteiger charge is 2.23. The van der Waals surface area contributed by atoms with Crippen LogP contribution in [0.5, 0.6) is 5.75 Å². The Bertz CT molecular complexity index is 641. The molecule has 1 aliphatic carbocycles. The minimum absolute atomic E-state index is 0.192. The summed E-state index contributed by atoms with van der Waals surface area (Å²) in [6.07, 6.45) is 6.35. The molecule has 0 bridgehead atoms. The van der Waals surface area contributed by atoms with Crippen molar-refractivity contribution in [2.75, 3.05) is 7.11 Å². The van der Waals surface area contributed by atoms with Gasteiger partial charge in [0, 0.05) is 12.1 Å². The maximum Gasteiger partial charge on any atom is 0.293 e. The molecule has 2 heterocycles. The smallest absolute Gasteiger partial charge is 0.293 e. The number of methoxy groups -OCH3 is 1. The Balaban J connectivity index is 1.79. The van der Waals surface area contributed by atoms with Gasteiger partial charge < -0.3 is 13.8 Å². The van der Waals surface area contributed by atoms with Crippen LogP contribution in [-0.4, -0.2) is 21.8 Å². The lowest BCUT2D eigenvalue weighted by atomic mass is 10.1. The van der Waals surface area contributed by atoms with E-state index in [0.717, 1.165) is 12.8 Å². The number of aromatic nitrogens is 3. The van der Waals surface area contributed by atoms with Gasteiger partial charge in [-0.25, -0.2) is 0 Å². The van der Waals surface area contributed by atoms with Gasteiger partial charge in [0.25, 0.3) is 5.56 Å². The number of rotatable bonds is 4. The third-order valence-corrected chi connectivity index (χ3v) is 3.71. The second kappa shape index (κ2) is 5.48. The predicted molar refractivity (Wildman–Crippen MR) is 71.9 cm³/mol. The van der Waals surface area contributed by atoms with Crippen LogP contribution in [0, 0.1) is 0 Å². The first-order chi connectivity index (χ1) is 9.78. The van der Waals surface area contributed by atoms with Crippen LogP contribution in [0.3, 0.4) is 0 Å². The number of ether oxygens (including phenoxy) is 1. The topological polar surface area (TPSA) is 70.2 Å². The van der Waals surface area contributed by atoms with E-state index in [0.29, 0.717) is 29.9 Å². The molecule has 0 N–H and O–H groups in total. The van der Waals surface area contributed by atoms with Crippen molar-refractivity contribution in [3.8, 4) is 5.75 Å². The summed E-state index contributed by atoms with van der Waals surface area (Å²) in [6, 6.07) is 3.40. The minimum Gasteiger partial charge on any atom is -0.491 e. The minimum atomic E-state index is -0.192. The fourth-order valence-corrected chi connectivity index (χ4v) is 2.62. The van der Waals surface area contributed by atoms with E-state index in [2.05, 4.69) is 10.1 Å². The zero-order valence-corrected chi connectivity index (χ0v) is 11.4. The number of hydrogen-bond donors (Lipinski definition) is 0. The first-order valence-corrected chi connectivity index (χ1v) is 6.84. The molecule has 6 heteroatoms. The van der Waals surface area contributed by atoms with E-state index >= 15 is 0 Å². The van der Waals surface area contributed by atoms with Gasteiger partial charge in [0.1, 0.15) is 0 Å². The summed E-state index contributed by atoms with van der Waals surface area (Å²) in [6.45, 7) is 0.298. The van der Waals surface area contributed by atoms with Crippen molar-refractivity contribution in [1.29, 1.82) is 0 Å². The number of hydrogen-bond acceptors (Lipinski definition) is 5. The van der Waals surface area contributed by atoms with Crippen molar-refractivity contribution >= 4 is 0 Å². The van der Waals surface area contributed by atoms with Crippen LogP contribution in [0.2, 0.25) is 0 Å². The largest absolute Gasteiger partial charge is 0.491 e. The van der Waals surface area contributed by atoms with E-state index in [1.54, 1.807) is 18.3 Å². The Kier molecular flexibility index (Phi) is 3.54. The SMILES string of the molecule is COc1cccn(Cc2noc(C3CCCC3)n2)c1=O. The Hall–Kier alpha value is -2.11. The fraction of sp³-hybridized carbons (Fsp3) is 0.500. The van der Waals surface area contributed by atoms with E-state index in [9.17, 15) is 4.79 Å². The summed E-state index contributed by atoms with van der Waals surface area (Å²) >= 11 is 0. The van der Waals surface area contributed by atoms with Crippen LogP contribution < -0.4 is 10.3 Å². The third kappa shape index (κ3) is 2.45. The summed E-state index contributed by atoms with van der Waals surface area (Å²) < 4.78 is 11.8. The van der Waals surface area contributed by atoms with Gasteiger partial charge in [0.15, 0.2) is 11.6 Å². The van der Waals surface area contributed by atoms with Crippen LogP contribution in [0.25, 0.3) is 0 Å². The molecule has 1 fully saturated rings. The molecule has 1 aliphatic rings. The van der Waals surface area contributed by atoms with Crippen LogP contribution in [0.15, 0.2) is 27.6 Å². The van der Waals surface area contributed by atoms with Crippen LogP contribution in [0.1, 0.15) is 43.3 Å². The van der Waals surface area contributed by atoms with Crippen molar-refractivity contribution in [2.24, 2.45) is 0 Å². The summed E-state index contributed by atoms with van der Waals surface area (Å²) in [4.78, 5) is 16.4. The highest BCUT2D eigenvalue weighted by Crippen LogP contribution is 2.32. The molecule has 20 heavy (non-hydrogen) atoms. The standard InChI is InChI=1S/C14H17N3O3/c1-19-11-7-4-8-17(14(11)18)9-12-15-13(20-16-12)10-5-2-3-6-10/h4,7-8,10H,2-3,5-6,9H2,1H3. The molecule has 1 saturated carbocycles. The molecule has 0 atom stereocenters. The second-order valence-corrected chi connectivity index (χ2v) is 5.04. The van der Waals surface area contributed by atoms with Gasteiger partial charge in [0.2, 0.25) is 5.89 Å². The molecule has 0 radical (unpaired) electrons. The first kappa shape index (κ1) is 12.9. The van der Waals surface area contributed by atoms with E-state index < -0.39 is 0 Å². The van der Waals surface area contributed by atoms with Gasteiger partial charge in [-0.05, 0) is 25.0 Å². The van der Waals surface area contributed by atoms with Gasteiger partial charge >= 0.3 is 0 Å². The van der Waals surface area contributed by atoms with Crippen molar-refractivity contribution in [3.63, 3.8) is 0 Å². The summed E-state index contributed by atoms with van der Waals surface area (Å²) in [7, 11) is 1.48. The molecule has 6 nitrogen and oxygen atoms in total. The van der Waals surface area contributed by atoms with Crippen molar-refractivity contribution in [1.82, 2.24) is 14.7 Å². The van der Waals surface area contributed by atoms with Gasteiger partial charge in [-0.1, -0.05) is 18.0 Å². The highest BCUT2D eigenvalue weighted by molar-refractivity contribution is 5.17. The van der Waals surface area contributed by atoms with Crippen molar-refractivity contribution in [3.05, 3.63) is 40.4 Å². The molecule has 2 aromatic rings. The van der Waals surface area contributed by atoms with Gasteiger partial charge in [-0.15, -0.1) is 0 Å². The van der Waals surface area contributed by atoms with Crippen LogP contribution >= 0.6 is 0 Å². The molecule has 106 valence electrons. The molecule has 2 aromatic heterocycles. The Labute approximate surface area is 116 Å². The summed E-state index contributed by atoms with van der Waals surface area (Å²) in [5, 5.41) is 3.97. The molecule has 0 spiro atoms. The molecule has 0 saturated heterocycles. The number of nitrogens with zero attached hydrogens (tertiary/aromatic N) is 3. The van der Waals surface area contributed by atoms with E-state index in [-0.39, 0.29) is 5.56 Å². The van der Waals surface area contributed by atoms with Crippen molar-refractivity contribution < 1.29 is 9.26 Å². The molecule has 0 unspecified atom stereocenters. The zero-order valence-electron chi connectivity index (χ0n) is 11.4. The Morgan fingerprint density at radius 1 is 1.45 bits per heavy atom. The molecular weight excluding hydrogens is 258 g/mol. The molecular formula is C14H17N3O3. The van der Waals surface area contributed by atoms with Crippen LogP contribution in [0.4, 0.5) is 0 Å². The number of pyridine rings is 1. The second-order valence-electron chi connectivity index (χ2n) is 5.04. The highest BCUT2D eigenvalue weighted by atomic mass is 16.5. The van der Waals surface area contributed by atoms with Gasteiger partial charge in [-0.3, -0.25) is 4.79 Å². The summed E-state index contributed by atoms with van der Waals surface area (Å²) in [5.41, 5.74) is -0.192. The lowest BCUT2D eigenvalue weighted by molar-refractivity contribution is 0.349. The van der Waals surface area contributed by atoms with Crippen LogP contribution in [-0.2, 0) is 6.54 Å². The van der Waals surface area contributed by atoms with E-state index in [1.807, 2.05) is 0 Å². The van der Waals surface area contributed by atoms with Gasteiger partial charge in [-0.2, -0.15) is 4.98 Å². The van der Waals surface area contributed by atoms with E-state index in [4.69, 9.17) is 9.26 Å². The fourth-order valence-electron chi connectivity index (χ4n) is 2.62. The van der Waals surface area contributed by atoms with E-state index in [1.165, 1.54) is 24.5 Å². The third-order valence-electron chi connectivity index (χ3n) is 3.71. The van der Waals surface area contributed by atoms with Crippen molar-refractivity contribution in [2.45, 2.75) is 38.1 Å². The molecule has 0 aromatic carbocycles. The Morgan fingerprint density at radius 3 is 3.00 bits per heavy atom. The maximum absolute atomic E-state index is 12.0. The lowest BCUT2D eigenvalue weighted by Gasteiger charge is -2.04. The normalized spacial score (nSPS) is 15.7. The molecule has 0 amide bonds.